The molecule has 0 aliphatic carbocycles. The topological polar surface area (TPSA) is 72.5 Å². The van der Waals surface area contributed by atoms with E-state index < -0.39 is 64.0 Å². The van der Waals surface area contributed by atoms with Crippen molar-refractivity contribution in [1.82, 2.24) is 10.2 Å². The summed E-state index contributed by atoms with van der Waals surface area (Å²) in [5.74, 6) is -2.56. The maximum atomic E-state index is 13.5. The Morgan fingerprint density at radius 2 is 1.62 bits per heavy atom. The van der Waals surface area contributed by atoms with Gasteiger partial charge in [0.2, 0.25) is 5.91 Å². The second kappa shape index (κ2) is 9.49. The molecule has 1 heterocycles. The summed E-state index contributed by atoms with van der Waals surface area (Å²) in [7, 11) is 1.22. The number of fused-ring (bicyclic) bond motifs is 1. The van der Waals surface area contributed by atoms with Gasteiger partial charge in [-0.25, -0.2) is 0 Å². The van der Waals surface area contributed by atoms with Gasteiger partial charge in [-0.2, -0.15) is 26.3 Å². The zero-order chi connectivity index (χ0) is 25.4. The van der Waals surface area contributed by atoms with E-state index in [-0.39, 0.29) is 29.5 Å². The Balaban J connectivity index is 2.19. The fourth-order valence-corrected chi connectivity index (χ4v) is 4.34. The first kappa shape index (κ1) is 25.9. The van der Waals surface area contributed by atoms with Crippen molar-refractivity contribution in [1.29, 1.82) is 0 Å². The van der Waals surface area contributed by atoms with Gasteiger partial charge >= 0.3 is 12.4 Å². The lowest BCUT2D eigenvalue weighted by molar-refractivity contribution is -0.143. The molecule has 1 aliphatic heterocycles. The van der Waals surface area contributed by atoms with Gasteiger partial charge in [0.05, 0.1) is 35.9 Å². The fraction of sp³-hybridized carbons (Fsp3) is 0.364. The predicted octanol–water partition coefficient (Wildman–Crippen LogP) is 4.13. The highest BCUT2D eigenvalue weighted by Gasteiger charge is 2.45. The van der Waals surface area contributed by atoms with Crippen molar-refractivity contribution in [3.05, 3.63) is 70.3 Å². The van der Waals surface area contributed by atoms with Gasteiger partial charge in [0, 0.05) is 12.6 Å². The first-order chi connectivity index (χ1) is 15.7. The molecule has 2 aromatic carbocycles. The van der Waals surface area contributed by atoms with Crippen LogP contribution in [0.3, 0.4) is 0 Å². The minimum atomic E-state index is -5.09. The van der Waals surface area contributed by atoms with Gasteiger partial charge in [0.15, 0.2) is 0 Å². The normalized spacial score (nSPS) is 19.6. The Hall–Kier alpha value is -2.73. The number of carbonyl (C=O) groups is 2. The molecule has 0 spiro atoms. The van der Waals surface area contributed by atoms with Crippen LogP contribution in [0.5, 0.6) is 0 Å². The molecule has 3 rings (SSSR count). The zero-order valence-corrected chi connectivity index (χ0v) is 18.8. The van der Waals surface area contributed by atoms with Crippen LogP contribution in [0.2, 0.25) is 0 Å². The number of nitrogens with zero attached hydrogens (tertiary/aromatic N) is 1. The number of benzene rings is 2. The van der Waals surface area contributed by atoms with Crippen molar-refractivity contribution >= 4 is 23.0 Å². The van der Waals surface area contributed by atoms with Crippen LogP contribution in [0.4, 0.5) is 26.3 Å². The average molecular weight is 506 g/mol. The lowest BCUT2D eigenvalue weighted by Crippen LogP contribution is -2.46. The van der Waals surface area contributed by atoms with E-state index in [1.807, 2.05) is 0 Å². The van der Waals surface area contributed by atoms with Crippen LogP contribution in [0.25, 0.3) is 0 Å². The third-order valence-corrected chi connectivity index (χ3v) is 6.28. The summed E-state index contributed by atoms with van der Waals surface area (Å²) < 4.78 is 92.1. The van der Waals surface area contributed by atoms with E-state index in [4.69, 9.17) is 0 Å². The molecule has 2 amide bonds. The minimum absolute atomic E-state index is 0.00622. The number of halogens is 6. The Bertz CT molecular complexity index is 1050. The molecule has 1 aliphatic rings. The average Bonchev–Trinajstić information content (AvgIpc) is 2.74. The number of alkyl halides is 6. The molecule has 2 aromatic rings. The summed E-state index contributed by atoms with van der Waals surface area (Å²) in [4.78, 5) is 27.1. The van der Waals surface area contributed by atoms with E-state index in [1.165, 1.54) is 37.6 Å². The van der Waals surface area contributed by atoms with Crippen LogP contribution in [-0.2, 0) is 28.3 Å². The number of carbonyl (C=O) groups excluding carboxylic acids is 2. The number of rotatable bonds is 5. The van der Waals surface area contributed by atoms with Crippen molar-refractivity contribution in [3.63, 3.8) is 0 Å². The highest BCUT2D eigenvalue weighted by molar-refractivity contribution is 7.90. The molecule has 3 unspecified atom stereocenters. The number of likely N-dealkylation sites (N-methyl/N-ethyl adjacent to an activating group) is 1. The van der Waals surface area contributed by atoms with Crippen LogP contribution in [0, 0.1) is 0 Å². The van der Waals surface area contributed by atoms with Crippen molar-refractivity contribution in [2.45, 2.75) is 24.3 Å². The number of nitrogens with one attached hydrogen (secondary N) is 1. The molecule has 0 saturated carbocycles. The molecule has 1 N–H and O–H groups in total. The van der Waals surface area contributed by atoms with Crippen LogP contribution in [0.1, 0.15) is 44.6 Å². The van der Waals surface area contributed by atoms with Crippen molar-refractivity contribution in [2.24, 2.45) is 0 Å². The summed E-state index contributed by atoms with van der Waals surface area (Å²) in [6.45, 7) is -0.0264. The fourth-order valence-electron chi connectivity index (χ4n) is 3.95. The first-order valence-corrected chi connectivity index (χ1v) is 11.7. The van der Waals surface area contributed by atoms with Crippen molar-refractivity contribution in [2.75, 3.05) is 25.6 Å². The van der Waals surface area contributed by atoms with Gasteiger partial charge in [-0.3, -0.25) is 9.59 Å². The molecule has 34 heavy (non-hydrogen) atoms. The van der Waals surface area contributed by atoms with Crippen molar-refractivity contribution in [3.8, 4) is 0 Å². The van der Waals surface area contributed by atoms with Crippen LogP contribution < -0.4 is 5.32 Å². The van der Waals surface area contributed by atoms with Gasteiger partial charge in [-0.05, 0) is 35.4 Å². The summed E-state index contributed by atoms with van der Waals surface area (Å²) in [5, 5.41) is 2.54. The highest BCUT2D eigenvalue weighted by atomic mass is 32.2. The molecule has 0 fully saturated rings. The largest absolute Gasteiger partial charge is 0.617 e. The van der Waals surface area contributed by atoms with Gasteiger partial charge in [0.1, 0.15) is 5.75 Å². The molecule has 12 heteroatoms. The maximum absolute atomic E-state index is 13.5. The monoisotopic (exact) mass is 506 g/mol. The van der Waals surface area contributed by atoms with Crippen LogP contribution in [0.15, 0.2) is 42.5 Å². The predicted molar refractivity (Wildman–Crippen MR) is 112 cm³/mol. The summed E-state index contributed by atoms with van der Waals surface area (Å²) in [6.07, 6.45) is -8.76. The molecule has 3 atom stereocenters. The van der Waals surface area contributed by atoms with E-state index >= 15 is 0 Å². The summed E-state index contributed by atoms with van der Waals surface area (Å²) in [5.41, 5.74) is -3.28. The van der Waals surface area contributed by atoms with Gasteiger partial charge in [-0.1, -0.05) is 29.4 Å². The van der Waals surface area contributed by atoms with E-state index in [9.17, 15) is 40.5 Å². The van der Waals surface area contributed by atoms with Crippen molar-refractivity contribution < 1.29 is 40.5 Å². The van der Waals surface area contributed by atoms with Gasteiger partial charge < -0.3 is 14.8 Å². The smallest absolute Gasteiger partial charge is 0.416 e. The van der Waals surface area contributed by atoms with E-state index in [1.54, 1.807) is 0 Å². The maximum Gasteiger partial charge on any atom is 0.416 e. The third-order valence-electron chi connectivity index (χ3n) is 5.50. The third kappa shape index (κ3) is 5.33. The van der Waals surface area contributed by atoms with Gasteiger partial charge in [-0.15, -0.1) is 0 Å². The van der Waals surface area contributed by atoms with Crippen LogP contribution >= 0.6 is 0 Å². The Labute approximate surface area is 194 Å². The van der Waals surface area contributed by atoms with E-state index in [2.05, 4.69) is 5.32 Å². The number of amides is 2. The standard InChI is InChI=1S/C22H20F6N2O3S/c1-30-18(12-9-13(21(23,24)25)11-14(10-12)22(26,27)28)17(19(31)29-7-8-34(2)33)15-5-3-4-6-16(15)20(30)32/h3-6,9-11,17-18H,7-8H2,1-2H3,(H,29,31). The molecule has 0 aromatic heterocycles. The second-order valence-electron chi connectivity index (χ2n) is 7.83. The Kier molecular flexibility index (Phi) is 7.23. The molecule has 0 bridgehead atoms. The van der Waals surface area contributed by atoms with E-state index in [0.717, 1.165) is 4.90 Å². The quantitative estimate of drug-likeness (QED) is 0.490. The molecular formula is C22H20F6N2O3S. The Morgan fingerprint density at radius 3 is 2.15 bits per heavy atom. The SMILES string of the molecule is CN1C(=O)c2ccccc2C(C(=O)NCC[S+](C)[O-])C1c1cc(C(F)(F)F)cc(C(F)(F)F)c1. The number of hydrogen-bond acceptors (Lipinski definition) is 3. The second-order valence-corrected chi connectivity index (χ2v) is 9.39. The molecule has 184 valence electrons. The van der Waals surface area contributed by atoms with Gasteiger partial charge in [0.25, 0.3) is 5.91 Å². The van der Waals surface area contributed by atoms with Crippen LogP contribution in [-0.4, -0.2) is 46.9 Å². The molecule has 0 saturated heterocycles. The number of hydrogen-bond donors (Lipinski definition) is 1. The summed E-state index contributed by atoms with van der Waals surface area (Å²) in [6, 6.07) is 5.52. The first-order valence-electron chi connectivity index (χ1n) is 9.95. The Morgan fingerprint density at radius 1 is 1.06 bits per heavy atom. The molecule has 5 nitrogen and oxygen atoms in total. The summed E-state index contributed by atoms with van der Waals surface area (Å²) >= 11 is -1.24. The zero-order valence-electron chi connectivity index (χ0n) is 18.0. The lowest BCUT2D eigenvalue weighted by atomic mass is 9.78. The lowest BCUT2D eigenvalue weighted by Gasteiger charge is -2.40. The highest BCUT2D eigenvalue weighted by Crippen LogP contribution is 2.45. The molecule has 0 radical (unpaired) electrons. The minimum Gasteiger partial charge on any atom is -0.617 e. The van der Waals surface area contributed by atoms with E-state index in [0.29, 0.717) is 12.1 Å². The molecular weight excluding hydrogens is 486 g/mol.